The first kappa shape index (κ1) is 17.3. The number of amides is 2. The number of carbonyl (C=O) groups excluding carboxylic acids is 2. The number of carbonyl (C=O) groups is 2. The van der Waals surface area contributed by atoms with Crippen molar-refractivity contribution < 1.29 is 23.5 Å². The smallest absolute Gasteiger partial charge is 0.228 e. The summed E-state index contributed by atoms with van der Waals surface area (Å²) in [4.78, 5) is 24.6. The summed E-state index contributed by atoms with van der Waals surface area (Å²) in [6.07, 6.45) is 0.519. The van der Waals surface area contributed by atoms with Crippen LogP contribution in [0.15, 0.2) is 42.5 Å². The molecular formula is C20H19FN2O4. The predicted octanol–water partition coefficient (Wildman–Crippen LogP) is 2.49. The highest BCUT2D eigenvalue weighted by atomic mass is 19.1. The lowest BCUT2D eigenvalue weighted by molar-refractivity contribution is -0.125. The van der Waals surface area contributed by atoms with E-state index in [9.17, 15) is 14.0 Å². The lowest BCUT2D eigenvalue weighted by Crippen LogP contribution is -2.27. The van der Waals surface area contributed by atoms with Crippen molar-refractivity contribution in [3.8, 4) is 11.5 Å². The molecule has 0 saturated heterocycles. The Bertz CT molecular complexity index is 869. The summed E-state index contributed by atoms with van der Waals surface area (Å²) in [5, 5.41) is 5.61. The van der Waals surface area contributed by atoms with E-state index in [1.807, 2.05) is 0 Å². The molecule has 4 rings (SSSR count). The molecule has 2 atom stereocenters. The van der Waals surface area contributed by atoms with Gasteiger partial charge in [0.2, 0.25) is 11.8 Å². The van der Waals surface area contributed by atoms with Crippen LogP contribution >= 0.6 is 0 Å². The highest BCUT2D eigenvalue weighted by Gasteiger charge is 2.47. The van der Waals surface area contributed by atoms with E-state index in [4.69, 9.17) is 9.47 Å². The van der Waals surface area contributed by atoms with E-state index in [0.29, 0.717) is 43.4 Å². The fourth-order valence-corrected chi connectivity index (χ4v) is 3.05. The van der Waals surface area contributed by atoms with E-state index in [0.717, 1.165) is 5.56 Å². The van der Waals surface area contributed by atoms with Crippen molar-refractivity contribution in [2.45, 2.75) is 13.0 Å². The maximum atomic E-state index is 12.9. The molecule has 0 spiro atoms. The minimum Gasteiger partial charge on any atom is -0.486 e. The van der Waals surface area contributed by atoms with Crippen LogP contribution in [0.3, 0.4) is 0 Å². The summed E-state index contributed by atoms with van der Waals surface area (Å²) in [5.41, 5.74) is 1.42. The number of anilines is 1. The zero-order valence-corrected chi connectivity index (χ0v) is 14.5. The number of ether oxygens (including phenoxy) is 2. The Morgan fingerprint density at radius 3 is 2.44 bits per heavy atom. The van der Waals surface area contributed by atoms with E-state index >= 15 is 0 Å². The lowest BCUT2D eigenvalue weighted by atomic mass is 10.2. The molecular weight excluding hydrogens is 351 g/mol. The van der Waals surface area contributed by atoms with Gasteiger partial charge in [-0.1, -0.05) is 12.1 Å². The van der Waals surface area contributed by atoms with Crippen molar-refractivity contribution in [2.75, 3.05) is 18.5 Å². The van der Waals surface area contributed by atoms with Crippen LogP contribution in [0.2, 0.25) is 0 Å². The number of benzene rings is 2. The summed E-state index contributed by atoms with van der Waals surface area (Å²) in [6.45, 7) is 1.30. The van der Waals surface area contributed by atoms with E-state index < -0.39 is 0 Å². The SMILES string of the molecule is O=C(NCc1ccc(F)cc1)C1CC1C(=O)Nc1ccc2c(c1)OCCO2. The molecule has 1 aliphatic carbocycles. The number of rotatable bonds is 5. The molecule has 2 aromatic carbocycles. The van der Waals surface area contributed by atoms with Gasteiger partial charge < -0.3 is 20.1 Å². The van der Waals surface area contributed by atoms with Gasteiger partial charge in [0, 0.05) is 18.3 Å². The zero-order valence-electron chi connectivity index (χ0n) is 14.5. The Morgan fingerprint density at radius 1 is 0.963 bits per heavy atom. The summed E-state index contributed by atoms with van der Waals surface area (Å²) < 4.78 is 23.8. The minimum absolute atomic E-state index is 0.165. The van der Waals surface area contributed by atoms with E-state index in [-0.39, 0.29) is 29.5 Å². The van der Waals surface area contributed by atoms with Crippen molar-refractivity contribution in [1.29, 1.82) is 0 Å². The van der Waals surface area contributed by atoms with Crippen LogP contribution in [0.1, 0.15) is 12.0 Å². The summed E-state index contributed by atoms with van der Waals surface area (Å²) in [6, 6.07) is 11.2. The molecule has 1 saturated carbocycles. The van der Waals surface area contributed by atoms with Crippen LogP contribution in [0.4, 0.5) is 10.1 Å². The van der Waals surface area contributed by atoms with E-state index in [1.165, 1.54) is 12.1 Å². The molecule has 140 valence electrons. The predicted molar refractivity (Wildman–Crippen MR) is 95.9 cm³/mol. The number of hydrogen-bond acceptors (Lipinski definition) is 4. The van der Waals surface area contributed by atoms with Crippen molar-refractivity contribution in [3.63, 3.8) is 0 Å². The molecule has 1 heterocycles. The molecule has 2 N–H and O–H groups in total. The van der Waals surface area contributed by atoms with Gasteiger partial charge in [-0.3, -0.25) is 9.59 Å². The first-order valence-corrected chi connectivity index (χ1v) is 8.83. The molecule has 0 bridgehead atoms. The molecule has 2 aliphatic rings. The third-order valence-electron chi connectivity index (χ3n) is 4.65. The van der Waals surface area contributed by atoms with Crippen LogP contribution in [0, 0.1) is 17.7 Å². The normalized spacial score (nSPS) is 19.9. The van der Waals surface area contributed by atoms with Crippen molar-refractivity contribution in [1.82, 2.24) is 5.32 Å². The zero-order chi connectivity index (χ0) is 18.8. The van der Waals surface area contributed by atoms with Gasteiger partial charge in [-0.05, 0) is 36.2 Å². The van der Waals surface area contributed by atoms with Crippen LogP contribution < -0.4 is 20.1 Å². The Kier molecular flexibility index (Phi) is 4.66. The minimum atomic E-state index is -0.341. The lowest BCUT2D eigenvalue weighted by Gasteiger charge is -2.19. The highest BCUT2D eigenvalue weighted by molar-refractivity contribution is 5.99. The maximum Gasteiger partial charge on any atom is 0.228 e. The first-order valence-electron chi connectivity index (χ1n) is 8.83. The van der Waals surface area contributed by atoms with Crippen LogP contribution in [-0.2, 0) is 16.1 Å². The third-order valence-corrected chi connectivity index (χ3v) is 4.65. The second kappa shape index (κ2) is 7.26. The fraction of sp³-hybridized carbons (Fsp3) is 0.300. The van der Waals surface area contributed by atoms with Gasteiger partial charge >= 0.3 is 0 Å². The standard InChI is InChI=1S/C20H19FN2O4/c21-13-3-1-12(2-4-13)11-22-19(24)15-10-16(15)20(25)23-14-5-6-17-18(9-14)27-8-7-26-17/h1-6,9,15-16H,7-8,10-11H2,(H,22,24)(H,23,25). The van der Waals surface area contributed by atoms with Gasteiger partial charge in [-0.25, -0.2) is 4.39 Å². The Labute approximate surface area is 155 Å². The number of hydrogen-bond donors (Lipinski definition) is 2. The number of fused-ring (bicyclic) bond motifs is 1. The molecule has 0 radical (unpaired) electrons. The Morgan fingerprint density at radius 2 is 1.67 bits per heavy atom. The molecule has 2 unspecified atom stereocenters. The molecule has 6 nitrogen and oxygen atoms in total. The molecule has 27 heavy (non-hydrogen) atoms. The topological polar surface area (TPSA) is 76.7 Å². The van der Waals surface area contributed by atoms with Gasteiger partial charge in [-0.2, -0.15) is 0 Å². The van der Waals surface area contributed by atoms with Gasteiger partial charge in [-0.15, -0.1) is 0 Å². The fourth-order valence-electron chi connectivity index (χ4n) is 3.05. The largest absolute Gasteiger partial charge is 0.486 e. The van der Waals surface area contributed by atoms with Crippen LogP contribution in [-0.4, -0.2) is 25.0 Å². The Balaban J connectivity index is 1.28. The van der Waals surface area contributed by atoms with E-state index in [1.54, 1.807) is 30.3 Å². The van der Waals surface area contributed by atoms with Gasteiger partial charge in [0.1, 0.15) is 19.0 Å². The van der Waals surface area contributed by atoms with Gasteiger partial charge in [0.15, 0.2) is 11.5 Å². The summed E-state index contributed by atoms with van der Waals surface area (Å²) in [7, 11) is 0. The van der Waals surface area contributed by atoms with Crippen LogP contribution in [0.25, 0.3) is 0 Å². The van der Waals surface area contributed by atoms with Crippen molar-refractivity contribution >= 4 is 17.5 Å². The summed E-state index contributed by atoms with van der Waals surface area (Å²) in [5.74, 6) is -0.0837. The average molecular weight is 370 g/mol. The third kappa shape index (κ3) is 4.02. The second-order valence-corrected chi connectivity index (χ2v) is 6.64. The van der Waals surface area contributed by atoms with Gasteiger partial charge in [0.25, 0.3) is 0 Å². The molecule has 2 amide bonds. The monoisotopic (exact) mass is 370 g/mol. The molecule has 7 heteroatoms. The number of nitrogens with one attached hydrogen (secondary N) is 2. The first-order chi connectivity index (χ1) is 13.1. The highest BCUT2D eigenvalue weighted by Crippen LogP contribution is 2.40. The summed E-state index contributed by atoms with van der Waals surface area (Å²) >= 11 is 0. The average Bonchev–Trinajstić information content (AvgIpc) is 3.48. The van der Waals surface area contributed by atoms with Crippen molar-refractivity contribution in [3.05, 3.63) is 53.8 Å². The van der Waals surface area contributed by atoms with Crippen LogP contribution in [0.5, 0.6) is 11.5 Å². The number of halogens is 1. The Hall–Kier alpha value is -3.09. The van der Waals surface area contributed by atoms with Crippen molar-refractivity contribution in [2.24, 2.45) is 11.8 Å². The van der Waals surface area contributed by atoms with E-state index in [2.05, 4.69) is 10.6 Å². The molecule has 1 aliphatic heterocycles. The maximum absolute atomic E-state index is 12.9. The quantitative estimate of drug-likeness (QED) is 0.848. The molecule has 2 aromatic rings. The van der Waals surface area contributed by atoms with Gasteiger partial charge in [0.05, 0.1) is 11.8 Å². The molecule has 1 fully saturated rings. The molecule has 0 aromatic heterocycles. The second-order valence-electron chi connectivity index (χ2n) is 6.64.